The van der Waals surface area contributed by atoms with E-state index in [0.717, 1.165) is 27.0 Å². The molecular formula is C16H13BrCl2N2. The molecule has 3 rings (SSSR count). The molecule has 0 radical (unpaired) electrons. The third-order valence-electron chi connectivity index (χ3n) is 3.43. The SMILES string of the molecule is Cc1cccc(-n2c(CCCl)nc3cccc(Cl)c32)c1Br. The van der Waals surface area contributed by atoms with E-state index in [0.29, 0.717) is 17.3 Å². The van der Waals surface area contributed by atoms with Gasteiger partial charge in [0, 0.05) is 16.8 Å². The molecule has 0 atom stereocenters. The van der Waals surface area contributed by atoms with Crippen molar-refractivity contribution in [3.05, 3.63) is 57.3 Å². The van der Waals surface area contributed by atoms with E-state index in [1.165, 1.54) is 5.56 Å². The molecule has 2 aromatic carbocycles. The van der Waals surface area contributed by atoms with E-state index in [2.05, 4.69) is 44.5 Å². The van der Waals surface area contributed by atoms with Gasteiger partial charge in [-0.25, -0.2) is 4.98 Å². The number of halogens is 3. The van der Waals surface area contributed by atoms with Crippen molar-refractivity contribution < 1.29 is 0 Å². The average Bonchev–Trinajstić information content (AvgIpc) is 2.82. The number of rotatable bonds is 3. The number of para-hydroxylation sites is 1. The Morgan fingerprint density at radius 2 is 1.95 bits per heavy atom. The molecule has 5 heteroatoms. The summed E-state index contributed by atoms with van der Waals surface area (Å²) < 4.78 is 3.14. The minimum Gasteiger partial charge on any atom is -0.294 e. The van der Waals surface area contributed by atoms with E-state index >= 15 is 0 Å². The van der Waals surface area contributed by atoms with Crippen molar-refractivity contribution >= 4 is 50.2 Å². The third kappa shape index (κ3) is 2.59. The van der Waals surface area contributed by atoms with Gasteiger partial charge in [0.1, 0.15) is 5.82 Å². The standard InChI is InChI=1S/C16H13BrCl2N2/c1-10-4-2-7-13(15(10)17)21-14(8-9-18)20-12-6-3-5-11(19)16(12)21/h2-7H,8-9H2,1H3. The highest BCUT2D eigenvalue weighted by atomic mass is 79.9. The van der Waals surface area contributed by atoms with E-state index in [4.69, 9.17) is 23.2 Å². The van der Waals surface area contributed by atoms with Gasteiger partial charge in [0.15, 0.2) is 0 Å². The fraction of sp³-hybridized carbons (Fsp3) is 0.188. The second kappa shape index (κ2) is 5.99. The summed E-state index contributed by atoms with van der Waals surface area (Å²) in [6.07, 6.45) is 0.687. The van der Waals surface area contributed by atoms with E-state index in [1.807, 2.05) is 24.3 Å². The molecule has 0 saturated carbocycles. The molecule has 1 heterocycles. The predicted octanol–water partition coefficient (Wildman–Crippen LogP) is 5.53. The third-order valence-corrected chi connectivity index (χ3v) is 4.95. The zero-order chi connectivity index (χ0) is 15.0. The van der Waals surface area contributed by atoms with Gasteiger partial charge in [0.25, 0.3) is 0 Å². The van der Waals surface area contributed by atoms with Gasteiger partial charge in [0.05, 0.1) is 21.7 Å². The number of aromatic nitrogens is 2. The smallest absolute Gasteiger partial charge is 0.115 e. The minimum absolute atomic E-state index is 0.518. The van der Waals surface area contributed by atoms with Crippen LogP contribution in [-0.2, 0) is 6.42 Å². The Bertz CT molecular complexity index is 811. The second-order valence-corrected chi connectivity index (χ2v) is 6.40. The molecule has 0 spiro atoms. The van der Waals surface area contributed by atoms with Gasteiger partial charge in [-0.15, -0.1) is 11.6 Å². The zero-order valence-corrected chi connectivity index (χ0v) is 14.5. The summed E-state index contributed by atoms with van der Waals surface area (Å²) in [7, 11) is 0. The first-order valence-electron chi connectivity index (χ1n) is 6.60. The number of imidazole rings is 1. The van der Waals surface area contributed by atoms with Crippen LogP contribution >= 0.6 is 39.1 Å². The average molecular weight is 384 g/mol. The molecule has 108 valence electrons. The first-order valence-corrected chi connectivity index (χ1v) is 8.31. The number of benzene rings is 2. The lowest BCUT2D eigenvalue weighted by atomic mass is 10.2. The lowest BCUT2D eigenvalue weighted by Gasteiger charge is -2.13. The first kappa shape index (κ1) is 14.9. The zero-order valence-electron chi connectivity index (χ0n) is 11.4. The summed E-state index contributed by atoms with van der Waals surface area (Å²) in [5, 5.41) is 0.689. The van der Waals surface area contributed by atoms with E-state index in [9.17, 15) is 0 Å². The largest absolute Gasteiger partial charge is 0.294 e. The van der Waals surface area contributed by atoms with Crippen molar-refractivity contribution in [2.75, 3.05) is 5.88 Å². The van der Waals surface area contributed by atoms with Crippen molar-refractivity contribution in [3.63, 3.8) is 0 Å². The van der Waals surface area contributed by atoms with E-state index in [-0.39, 0.29) is 0 Å². The maximum Gasteiger partial charge on any atom is 0.115 e. The maximum atomic E-state index is 6.41. The van der Waals surface area contributed by atoms with Crippen LogP contribution in [0.1, 0.15) is 11.4 Å². The molecule has 0 aliphatic heterocycles. The van der Waals surface area contributed by atoms with Crippen molar-refractivity contribution in [1.29, 1.82) is 0 Å². The molecule has 0 aliphatic rings. The van der Waals surface area contributed by atoms with Crippen LogP contribution in [-0.4, -0.2) is 15.4 Å². The summed E-state index contributed by atoms with van der Waals surface area (Å²) >= 11 is 16.0. The van der Waals surface area contributed by atoms with Crippen LogP contribution < -0.4 is 0 Å². The maximum absolute atomic E-state index is 6.41. The van der Waals surface area contributed by atoms with Crippen LogP contribution in [0.4, 0.5) is 0 Å². The topological polar surface area (TPSA) is 17.8 Å². The Kier molecular flexibility index (Phi) is 4.25. The number of aryl methyl sites for hydroxylation is 2. The Morgan fingerprint density at radius 1 is 1.19 bits per heavy atom. The van der Waals surface area contributed by atoms with Crippen molar-refractivity contribution in [2.24, 2.45) is 0 Å². The van der Waals surface area contributed by atoms with Gasteiger partial charge in [-0.2, -0.15) is 0 Å². The second-order valence-electron chi connectivity index (χ2n) is 4.82. The summed E-state index contributed by atoms with van der Waals surface area (Å²) in [5.74, 6) is 1.43. The Labute approximate surface area is 141 Å². The van der Waals surface area contributed by atoms with E-state index in [1.54, 1.807) is 0 Å². The number of alkyl halides is 1. The Morgan fingerprint density at radius 3 is 2.71 bits per heavy atom. The summed E-state index contributed by atoms with van der Waals surface area (Å²) in [6.45, 7) is 2.07. The fourth-order valence-corrected chi connectivity index (χ4v) is 3.31. The van der Waals surface area contributed by atoms with Gasteiger partial charge >= 0.3 is 0 Å². The molecule has 0 amide bonds. The summed E-state index contributed by atoms with van der Waals surface area (Å²) in [5.41, 5.74) is 4.01. The molecule has 3 aromatic rings. The van der Waals surface area contributed by atoms with E-state index < -0.39 is 0 Å². The van der Waals surface area contributed by atoms with Crippen molar-refractivity contribution in [3.8, 4) is 5.69 Å². The number of fused-ring (bicyclic) bond motifs is 1. The number of hydrogen-bond donors (Lipinski definition) is 0. The molecule has 0 saturated heterocycles. The molecule has 0 aliphatic carbocycles. The lowest BCUT2D eigenvalue weighted by molar-refractivity contribution is 0.908. The molecule has 2 nitrogen and oxygen atoms in total. The molecule has 0 unspecified atom stereocenters. The summed E-state index contributed by atoms with van der Waals surface area (Å²) in [4.78, 5) is 4.68. The van der Waals surface area contributed by atoms with Crippen LogP contribution in [0.2, 0.25) is 5.02 Å². The molecule has 0 bridgehead atoms. The monoisotopic (exact) mass is 382 g/mol. The van der Waals surface area contributed by atoms with Crippen LogP contribution in [0.15, 0.2) is 40.9 Å². The van der Waals surface area contributed by atoms with Gasteiger partial charge in [-0.3, -0.25) is 4.57 Å². The lowest BCUT2D eigenvalue weighted by Crippen LogP contribution is -2.04. The molecule has 0 fully saturated rings. The van der Waals surface area contributed by atoms with Crippen LogP contribution in [0.3, 0.4) is 0 Å². The highest BCUT2D eigenvalue weighted by Crippen LogP contribution is 2.32. The van der Waals surface area contributed by atoms with Crippen LogP contribution in [0.25, 0.3) is 16.7 Å². The summed E-state index contributed by atoms with van der Waals surface area (Å²) in [6, 6.07) is 11.9. The Hall–Kier alpha value is -1.03. The van der Waals surface area contributed by atoms with Gasteiger partial charge in [-0.05, 0) is 46.6 Å². The highest BCUT2D eigenvalue weighted by Gasteiger charge is 2.16. The van der Waals surface area contributed by atoms with Crippen molar-refractivity contribution in [2.45, 2.75) is 13.3 Å². The van der Waals surface area contributed by atoms with Gasteiger partial charge < -0.3 is 0 Å². The molecule has 21 heavy (non-hydrogen) atoms. The quantitative estimate of drug-likeness (QED) is 0.543. The molecule has 1 aromatic heterocycles. The minimum atomic E-state index is 0.518. The van der Waals surface area contributed by atoms with Crippen LogP contribution in [0, 0.1) is 6.92 Å². The van der Waals surface area contributed by atoms with Crippen molar-refractivity contribution in [1.82, 2.24) is 9.55 Å². The first-order chi connectivity index (χ1) is 10.1. The van der Waals surface area contributed by atoms with Gasteiger partial charge in [-0.1, -0.05) is 29.8 Å². The normalized spacial score (nSPS) is 11.2. The number of nitrogens with zero attached hydrogens (tertiary/aromatic N) is 2. The van der Waals surface area contributed by atoms with Crippen LogP contribution in [0.5, 0.6) is 0 Å². The van der Waals surface area contributed by atoms with Gasteiger partial charge in [0.2, 0.25) is 0 Å². The predicted molar refractivity (Wildman–Crippen MR) is 92.9 cm³/mol. The fourth-order valence-electron chi connectivity index (χ4n) is 2.45. The molecular weight excluding hydrogens is 371 g/mol. The number of hydrogen-bond acceptors (Lipinski definition) is 1. The Balaban J connectivity index is 2.39. The highest BCUT2D eigenvalue weighted by molar-refractivity contribution is 9.10. The molecule has 0 N–H and O–H groups in total.